The maximum atomic E-state index is 4.54. The number of nitrogens with one attached hydrogen (secondary N) is 2. The van der Waals surface area contributed by atoms with Crippen LogP contribution in [0.25, 0.3) is 0 Å². The van der Waals surface area contributed by atoms with Gasteiger partial charge in [0.1, 0.15) is 16.6 Å². The van der Waals surface area contributed by atoms with Gasteiger partial charge in [0.25, 0.3) is 0 Å². The van der Waals surface area contributed by atoms with Gasteiger partial charge in [-0.15, -0.1) is 10.2 Å². The van der Waals surface area contributed by atoms with Gasteiger partial charge in [0.15, 0.2) is 0 Å². The highest BCUT2D eigenvalue weighted by atomic mass is 32.1. The standard InChI is InChI=1S/C14H22N6S/c1-4-5-6-12-17-10(2)9-13(18-12)15-7-8-16-14-20-19-11(3)21-14/h9H,4-8H2,1-3H3,(H,16,20)(H,15,17,18). The van der Waals surface area contributed by atoms with Crippen molar-refractivity contribution in [2.75, 3.05) is 23.7 Å². The lowest BCUT2D eigenvalue weighted by molar-refractivity contribution is 0.748. The number of hydrogen-bond acceptors (Lipinski definition) is 7. The van der Waals surface area contributed by atoms with E-state index in [0.29, 0.717) is 0 Å². The van der Waals surface area contributed by atoms with Crippen LogP contribution >= 0.6 is 11.3 Å². The van der Waals surface area contributed by atoms with Gasteiger partial charge >= 0.3 is 0 Å². The van der Waals surface area contributed by atoms with Crippen LogP contribution in [0.1, 0.15) is 36.3 Å². The molecule has 0 radical (unpaired) electrons. The molecule has 0 atom stereocenters. The van der Waals surface area contributed by atoms with Crippen molar-refractivity contribution in [3.63, 3.8) is 0 Å². The summed E-state index contributed by atoms with van der Waals surface area (Å²) in [5, 5.41) is 16.4. The molecule has 0 aliphatic carbocycles. The Labute approximate surface area is 129 Å². The molecule has 7 heteroatoms. The fourth-order valence-corrected chi connectivity index (χ4v) is 2.51. The Morgan fingerprint density at radius 1 is 1.10 bits per heavy atom. The number of aryl methyl sites for hydroxylation is 3. The second-order valence-electron chi connectivity index (χ2n) is 4.89. The third kappa shape index (κ3) is 5.26. The average molecular weight is 306 g/mol. The van der Waals surface area contributed by atoms with Gasteiger partial charge in [0.05, 0.1) is 0 Å². The van der Waals surface area contributed by atoms with Crippen molar-refractivity contribution in [2.45, 2.75) is 40.0 Å². The number of hydrogen-bond donors (Lipinski definition) is 2. The maximum Gasteiger partial charge on any atom is 0.205 e. The minimum atomic E-state index is 0.780. The highest BCUT2D eigenvalue weighted by Gasteiger charge is 2.02. The van der Waals surface area contributed by atoms with E-state index in [4.69, 9.17) is 0 Å². The predicted molar refractivity (Wildman–Crippen MR) is 87.0 cm³/mol. The number of aromatic nitrogens is 4. The molecule has 21 heavy (non-hydrogen) atoms. The van der Waals surface area contributed by atoms with E-state index in [9.17, 15) is 0 Å². The SMILES string of the molecule is CCCCc1nc(C)cc(NCCNc2nnc(C)s2)n1. The highest BCUT2D eigenvalue weighted by Crippen LogP contribution is 2.13. The first-order chi connectivity index (χ1) is 10.2. The lowest BCUT2D eigenvalue weighted by Crippen LogP contribution is -2.15. The maximum absolute atomic E-state index is 4.54. The van der Waals surface area contributed by atoms with Gasteiger partial charge < -0.3 is 10.6 Å². The van der Waals surface area contributed by atoms with Crippen LogP contribution in [0.3, 0.4) is 0 Å². The number of nitrogens with zero attached hydrogens (tertiary/aromatic N) is 4. The first-order valence-corrected chi connectivity index (χ1v) is 8.11. The zero-order chi connectivity index (χ0) is 15.1. The summed E-state index contributed by atoms with van der Waals surface area (Å²) >= 11 is 1.56. The van der Waals surface area contributed by atoms with Crippen molar-refractivity contribution in [3.05, 3.63) is 22.6 Å². The van der Waals surface area contributed by atoms with Crippen molar-refractivity contribution >= 4 is 22.3 Å². The van der Waals surface area contributed by atoms with E-state index in [1.165, 1.54) is 0 Å². The van der Waals surface area contributed by atoms with Crippen molar-refractivity contribution in [1.82, 2.24) is 20.2 Å². The van der Waals surface area contributed by atoms with Crippen LogP contribution in [0.5, 0.6) is 0 Å². The fourth-order valence-electron chi connectivity index (χ4n) is 1.90. The quantitative estimate of drug-likeness (QED) is 0.730. The molecule has 0 amide bonds. The molecule has 0 saturated heterocycles. The van der Waals surface area contributed by atoms with Gasteiger partial charge in [-0.25, -0.2) is 9.97 Å². The number of unbranched alkanes of at least 4 members (excludes halogenated alkanes) is 1. The Morgan fingerprint density at radius 2 is 1.90 bits per heavy atom. The zero-order valence-corrected chi connectivity index (χ0v) is 13.6. The molecular weight excluding hydrogens is 284 g/mol. The monoisotopic (exact) mass is 306 g/mol. The van der Waals surface area contributed by atoms with E-state index >= 15 is 0 Å². The second kappa shape index (κ2) is 7.87. The van der Waals surface area contributed by atoms with Crippen molar-refractivity contribution in [3.8, 4) is 0 Å². The molecule has 0 unspecified atom stereocenters. The van der Waals surface area contributed by atoms with E-state index in [0.717, 1.165) is 59.8 Å². The summed E-state index contributed by atoms with van der Waals surface area (Å²) < 4.78 is 0. The Kier molecular flexibility index (Phi) is 5.86. The van der Waals surface area contributed by atoms with Crippen LogP contribution in [-0.2, 0) is 6.42 Å². The molecule has 2 N–H and O–H groups in total. The van der Waals surface area contributed by atoms with E-state index in [1.54, 1.807) is 11.3 Å². The molecule has 6 nitrogen and oxygen atoms in total. The number of anilines is 2. The topological polar surface area (TPSA) is 75.6 Å². The van der Waals surface area contributed by atoms with Crippen LogP contribution in [0.2, 0.25) is 0 Å². The molecule has 0 aromatic carbocycles. The molecule has 0 fully saturated rings. The van der Waals surface area contributed by atoms with Gasteiger partial charge in [-0.2, -0.15) is 0 Å². The lowest BCUT2D eigenvalue weighted by Gasteiger charge is -2.08. The summed E-state index contributed by atoms with van der Waals surface area (Å²) in [6, 6.07) is 1.98. The van der Waals surface area contributed by atoms with Crippen molar-refractivity contribution in [2.24, 2.45) is 0 Å². The lowest BCUT2D eigenvalue weighted by atomic mass is 10.2. The van der Waals surface area contributed by atoms with Crippen molar-refractivity contribution in [1.29, 1.82) is 0 Å². The molecule has 2 aromatic heterocycles. The second-order valence-corrected chi connectivity index (χ2v) is 6.08. The Morgan fingerprint density at radius 3 is 2.62 bits per heavy atom. The normalized spacial score (nSPS) is 10.6. The van der Waals surface area contributed by atoms with Crippen LogP contribution in [-0.4, -0.2) is 33.3 Å². The average Bonchev–Trinajstić information content (AvgIpc) is 2.86. The minimum Gasteiger partial charge on any atom is -0.368 e. The van der Waals surface area contributed by atoms with E-state index in [-0.39, 0.29) is 0 Å². The van der Waals surface area contributed by atoms with E-state index in [2.05, 4.69) is 37.7 Å². The third-order valence-electron chi connectivity index (χ3n) is 2.89. The summed E-state index contributed by atoms with van der Waals surface area (Å²) in [5.41, 5.74) is 1.01. The van der Waals surface area contributed by atoms with Gasteiger partial charge in [-0.1, -0.05) is 24.7 Å². The summed E-state index contributed by atoms with van der Waals surface area (Å²) in [7, 11) is 0. The Balaban J connectivity index is 1.80. The summed E-state index contributed by atoms with van der Waals surface area (Å²) in [5.74, 6) is 1.82. The summed E-state index contributed by atoms with van der Waals surface area (Å²) in [4.78, 5) is 9.01. The molecular formula is C14H22N6S. The first-order valence-electron chi connectivity index (χ1n) is 7.30. The first kappa shape index (κ1) is 15.6. The molecule has 2 heterocycles. The van der Waals surface area contributed by atoms with Crippen LogP contribution < -0.4 is 10.6 Å². The molecule has 0 aliphatic heterocycles. The van der Waals surface area contributed by atoms with Gasteiger partial charge in [-0.05, 0) is 20.3 Å². The Bertz CT molecular complexity index is 568. The third-order valence-corrected chi connectivity index (χ3v) is 3.68. The van der Waals surface area contributed by atoms with Crippen LogP contribution in [0.15, 0.2) is 6.07 Å². The molecule has 0 bridgehead atoms. The largest absolute Gasteiger partial charge is 0.368 e. The zero-order valence-electron chi connectivity index (χ0n) is 12.8. The summed E-state index contributed by atoms with van der Waals surface area (Å²) in [6.07, 6.45) is 3.22. The molecule has 114 valence electrons. The van der Waals surface area contributed by atoms with Gasteiger partial charge in [0, 0.05) is 31.3 Å². The molecule has 2 aromatic rings. The molecule has 2 rings (SSSR count). The van der Waals surface area contributed by atoms with Crippen molar-refractivity contribution < 1.29 is 0 Å². The minimum absolute atomic E-state index is 0.780. The van der Waals surface area contributed by atoms with Crippen LogP contribution in [0, 0.1) is 13.8 Å². The fraction of sp³-hybridized carbons (Fsp3) is 0.571. The van der Waals surface area contributed by atoms with Gasteiger partial charge in [-0.3, -0.25) is 0 Å². The van der Waals surface area contributed by atoms with E-state index < -0.39 is 0 Å². The van der Waals surface area contributed by atoms with Crippen LogP contribution in [0.4, 0.5) is 10.9 Å². The summed E-state index contributed by atoms with van der Waals surface area (Å²) in [6.45, 7) is 7.69. The Hall–Kier alpha value is -1.76. The molecule has 0 saturated carbocycles. The number of rotatable bonds is 8. The highest BCUT2D eigenvalue weighted by molar-refractivity contribution is 7.15. The van der Waals surface area contributed by atoms with E-state index in [1.807, 2.05) is 19.9 Å². The van der Waals surface area contributed by atoms with Gasteiger partial charge in [0.2, 0.25) is 5.13 Å². The predicted octanol–water partition coefficient (Wildman–Crippen LogP) is 2.81. The molecule has 0 aliphatic rings. The molecule has 0 spiro atoms. The smallest absolute Gasteiger partial charge is 0.205 e.